The van der Waals surface area contributed by atoms with Gasteiger partial charge in [-0.25, -0.2) is 8.42 Å². The van der Waals surface area contributed by atoms with Crippen LogP contribution in [0.15, 0.2) is 83.8 Å². The number of rotatable bonds is 6. The Morgan fingerprint density at radius 3 is 2.16 bits per heavy atom. The molecule has 1 saturated heterocycles. The van der Waals surface area contributed by atoms with Crippen LogP contribution >= 0.6 is 0 Å². The fourth-order valence-electron chi connectivity index (χ4n) is 4.14. The number of aromatic hydroxyl groups is 1. The van der Waals surface area contributed by atoms with E-state index in [1.54, 1.807) is 34.6 Å². The first-order valence-electron chi connectivity index (χ1n) is 10.6. The van der Waals surface area contributed by atoms with Crippen molar-refractivity contribution >= 4 is 15.7 Å². The van der Waals surface area contributed by atoms with Crippen molar-refractivity contribution < 1.29 is 13.5 Å². The molecule has 0 saturated carbocycles. The van der Waals surface area contributed by atoms with Crippen LogP contribution in [-0.4, -0.2) is 37.6 Å². The lowest BCUT2D eigenvalue weighted by Crippen LogP contribution is -2.47. The molecular weight excluding hydrogens is 408 g/mol. The van der Waals surface area contributed by atoms with Crippen LogP contribution in [0.4, 0.5) is 5.69 Å². The Kier molecular flexibility index (Phi) is 6.30. The van der Waals surface area contributed by atoms with Crippen molar-refractivity contribution in [1.82, 2.24) is 4.90 Å². The van der Waals surface area contributed by atoms with Gasteiger partial charge in [-0.05, 0) is 50.1 Å². The van der Waals surface area contributed by atoms with Crippen LogP contribution in [0, 0.1) is 6.92 Å². The Morgan fingerprint density at radius 2 is 1.52 bits per heavy atom. The molecule has 31 heavy (non-hydrogen) atoms. The number of likely N-dealkylation sites (tertiary alicyclic amines) is 1. The minimum atomic E-state index is -3.67. The number of hydrogen-bond donors (Lipinski definition) is 1. The second-order valence-corrected chi connectivity index (χ2v) is 9.90. The maximum absolute atomic E-state index is 13.6. The third-order valence-corrected chi connectivity index (χ3v) is 7.76. The fourth-order valence-corrected chi connectivity index (χ4v) is 5.87. The topological polar surface area (TPSA) is 60.9 Å². The molecule has 0 aromatic heterocycles. The molecule has 6 heteroatoms. The lowest BCUT2D eigenvalue weighted by molar-refractivity contribution is 0.204. The predicted octanol–water partition coefficient (Wildman–Crippen LogP) is 4.56. The van der Waals surface area contributed by atoms with Crippen LogP contribution in [0.1, 0.15) is 24.0 Å². The number of sulfonamides is 1. The van der Waals surface area contributed by atoms with Crippen molar-refractivity contribution in [3.63, 3.8) is 0 Å². The van der Waals surface area contributed by atoms with E-state index >= 15 is 0 Å². The average Bonchev–Trinajstić information content (AvgIpc) is 2.78. The first kappa shape index (κ1) is 21.4. The van der Waals surface area contributed by atoms with Gasteiger partial charge < -0.3 is 5.11 Å². The van der Waals surface area contributed by atoms with Crippen LogP contribution in [-0.2, 0) is 16.6 Å². The van der Waals surface area contributed by atoms with Gasteiger partial charge in [0.1, 0.15) is 5.75 Å². The Morgan fingerprint density at radius 1 is 0.903 bits per heavy atom. The molecule has 1 fully saturated rings. The minimum absolute atomic E-state index is 0.117. The number of aryl methyl sites for hydroxylation is 1. The first-order valence-corrected chi connectivity index (χ1v) is 12.0. The smallest absolute Gasteiger partial charge is 0.264 e. The number of piperidine rings is 1. The highest BCUT2D eigenvalue weighted by Gasteiger charge is 2.34. The number of hydrogen-bond acceptors (Lipinski definition) is 4. The first-order chi connectivity index (χ1) is 14.9. The Labute approximate surface area is 184 Å². The van der Waals surface area contributed by atoms with E-state index in [0.29, 0.717) is 22.9 Å². The highest BCUT2D eigenvalue weighted by atomic mass is 32.2. The van der Waals surface area contributed by atoms with Gasteiger partial charge in [-0.2, -0.15) is 0 Å². The summed E-state index contributed by atoms with van der Waals surface area (Å²) in [6.07, 6.45) is 1.46. The summed E-state index contributed by atoms with van der Waals surface area (Å²) in [4.78, 5) is 2.58. The zero-order valence-electron chi connectivity index (χ0n) is 17.7. The molecular formula is C25H28N2O3S. The predicted molar refractivity (Wildman–Crippen MR) is 124 cm³/mol. The summed E-state index contributed by atoms with van der Waals surface area (Å²) in [7, 11) is -3.67. The third kappa shape index (κ3) is 4.75. The Bertz CT molecular complexity index is 1110. The van der Waals surface area contributed by atoms with Gasteiger partial charge in [0.15, 0.2) is 0 Å². The normalized spacial score (nSPS) is 15.6. The zero-order valence-corrected chi connectivity index (χ0v) is 18.5. The van der Waals surface area contributed by atoms with Crippen molar-refractivity contribution in [3.05, 3.63) is 90.0 Å². The van der Waals surface area contributed by atoms with Crippen LogP contribution in [0.25, 0.3) is 0 Å². The zero-order chi connectivity index (χ0) is 21.8. The lowest BCUT2D eigenvalue weighted by Gasteiger charge is -2.39. The molecule has 3 aromatic rings. The quantitative estimate of drug-likeness (QED) is 0.615. The van der Waals surface area contributed by atoms with Crippen molar-refractivity contribution in [2.45, 2.75) is 37.2 Å². The van der Waals surface area contributed by atoms with Crippen molar-refractivity contribution in [1.29, 1.82) is 0 Å². The van der Waals surface area contributed by atoms with Crippen LogP contribution in [0.2, 0.25) is 0 Å². The molecule has 0 bridgehead atoms. The van der Waals surface area contributed by atoms with Crippen molar-refractivity contribution in [3.8, 4) is 5.75 Å². The van der Waals surface area contributed by atoms with E-state index in [1.807, 2.05) is 55.5 Å². The van der Waals surface area contributed by atoms with Crippen LogP contribution < -0.4 is 4.31 Å². The number of anilines is 1. The van der Waals surface area contributed by atoms with Gasteiger partial charge >= 0.3 is 0 Å². The number of phenols is 1. The van der Waals surface area contributed by atoms with E-state index in [-0.39, 0.29) is 6.04 Å². The van der Waals surface area contributed by atoms with E-state index in [1.165, 1.54) is 0 Å². The largest absolute Gasteiger partial charge is 0.508 e. The van der Waals surface area contributed by atoms with Gasteiger partial charge in [-0.3, -0.25) is 9.21 Å². The number of nitrogens with zero attached hydrogens (tertiary/aromatic N) is 2. The van der Waals surface area contributed by atoms with Crippen molar-refractivity contribution in [2.24, 2.45) is 0 Å². The van der Waals surface area contributed by atoms with Crippen molar-refractivity contribution in [2.75, 3.05) is 17.4 Å². The monoisotopic (exact) mass is 436 g/mol. The molecule has 0 amide bonds. The average molecular weight is 437 g/mol. The summed E-state index contributed by atoms with van der Waals surface area (Å²) in [5.74, 6) is 0.303. The van der Waals surface area contributed by atoms with E-state index in [4.69, 9.17) is 0 Å². The molecule has 0 atom stereocenters. The van der Waals surface area contributed by atoms with E-state index < -0.39 is 10.0 Å². The second kappa shape index (κ2) is 9.12. The summed E-state index contributed by atoms with van der Waals surface area (Å²) >= 11 is 0. The second-order valence-electron chi connectivity index (χ2n) is 8.09. The molecule has 3 aromatic carbocycles. The summed E-state index contributed by atoms with van der Waals surface area (Å²) in [6, 6.07) is 23.6. The molecule has 5 nitrogen and oxygen atoms in total. The van der Waals surface area contributed by atoms with Crippen LogP contribution in [0.5, 0.6) is 5.75 Å². The highest BCUT2D eigenvalue weighted by Crippen LogP contribution is 2.31. The van der Waals surface area contributed by atoms with Gasteiger partial charge in [-0.1, -0.05) is 54.1 Å². The molecule has 0 spiro atoms. The molecule has 4 rings (SSSR count). The maximum atomic E-state index is 13.6. The maximum Gasteiger partial charge on any atom is 0.264 e. The summed E-state index contributed by atoms with van der Waals surface area (Å²) in [5, 5.41) is 10.1. The van der Waals surface area contributed by atoms with Crippen LogP contribution in [0.3, 0.4) is 0 Å². The standard InChI is InChI=1S/C25H28N2O3S/c1-20-11-13-22(14-12-20)27(31(29,30)24-8-3-2-4-9-24)23-15-17-26(18-16-23)19-21-7-5-6-10-25(21)28/h2-14,23,28H,15-19H2,1H3. The minimum Gasteiger partial charge on any atom is -0.508 e. The van der Waals surface area contributed by atoms with Gasteiger partial charge in [0.25, 0.3) is 10.0 Å². The lowest BCUT2D eigenvalue weighted by atomic mass is 10.0. The van der Waals surface area contributed by atoms with E-state index in [9.17, 15) is 13.5 Å². The third-order valence-electron chi connectivity index (χ3n) is 5.86. The molecule has 1 N–H and O–H groups in total. The molecule has 162 valence electrons. The molecule has 1 aliphatic heterocycles. The highest BCUT2D eigenvalue weighted by molar-refractivity contribution is 7.92. The molecule has 0 unspecified atom stereocenters. The van der Waals surface area contributed by atoms with Gasteiger partial charge in [0, 0.05) is 31.2 Å². The fraction of sp³-hybridized carbons (Fsp3) is 0.280. The number of benzene rings is 3. The Hall–Kier alpha value is -2.83. The van der Waals surface area contributed by atoms with Gasteiger partial charge in [-0.15, -0.1) is 0 Å². The van der Waals surface area contributed by atoms with Gasteiger partial charge in [0.05, 0.1) is 10.6 Å². The van der Waals surface area contributed by atoms with E-state index in [2.05, 4.69) is 4.90 Å². The number of para-hydroxylation sites is 1. The number of phenolic OH excluding ortho intramolecular Hbond substituents is 1. The molecule has 0 radical (unpaired) electrons. The Balaban J connectivity index is 1.57. The summed E-state index contributed by atoms with van der Waals surface area (Å²) in [5.41, 5.74) is 2.69. The van der Waals surface area contributed by atoms with Gasteiger partial charge in [0.2, 0.25) is 0 Å². The molecule has 1 heterocycles. The summed E-state index contributed by atoms with van der Waals surface area (Å²) < 4.78 is 28.8. The summed E-state index contributed by atoms with van der Waals surface area (Å²) in [6.45, 7) is 4.20. The SMILES string of the molecule is Cc1ccc(N(C2CCN(Cc3ccccc3O)CC2)S(=O)(=O)c2ccccc2)cc1. The van der Waals surface area contributed by atoms with E-state index in [0.717, 1.165) is 37.1 Å². The molecule has 1 aliphatic rings. The molecule has 0 aliphatic carbocycles.